The maximum Gasteiger partial charge on any atom is 0.319 e. The highest BCUT2D eigenvalue weighted by Crippen LogP contribution is 2.42. The second-order valence-corrected chi connectivity index (χ2v) is 10.4. The molecule has 3 unspecified atom stereocenters. The normalized spacial score (nSPS) is 22.9. The zero-order valence-electron chi connectivity index (χ0n) is 22.5. The third kappa shape index (κ3) is 6.15. The Bertz CT molecular complexity index is 998. The van der Waals surface area contributed by atoms with Crippen LogP contribution in [0.25, 0.3) is 0 Å². The molecule has 2 fully saturated rings. The van der Waals surface area contributed by atoms with Gasteiger partial charge in [-0.15, -0.1) is 0 Å². The summed E-state index contributed by atoms with van der Waals surface area (Å²) in [6, 6.07) is 5.13. The zero-order chi connectivity index (χ0) is 27.2. The molecule has 3 heterocycles. The van der Waals surface area contributed by atoms with E-state index in [0.29, 0.717) is 63.7 Å². The molecule has 4 rings (SSSR count). The van der Waals surface area contributed by atoms with Gasteiger partial charge in [0.1, 0.15) is 0 Å². The average molecular weight is 532 g/mol. The van der Waals surface area contributed by atoms with Crippen molar-refractivity contribution in [3.63, 3.8) is 0 Å². The summed E-state index contributed by atoms with van der Waals surface area (Å²) in [4.78, 5) is 46.0. The van der Waals surface area contributed by atoms with Gasteiger partial charge in [0.05, 0.1) is 12.5 Å². The standard InChI is InChI=1S/C27H41N5O6/c1-3-4-10-30(11-5-9-28)24(33)17-32-16-20(19-6-7-22-23(15-19)38-18-37-22)25(26(34)35)21(32)8-12-31-14-13-29(2)27(31)36/h6-7,15,20-21,25H,3-5,8-14,16-18,28H2,1-2H3,(H,34,35). The van der Waals surface area contributed by atoms with Gasteiger partial charge in [0, 0.05) is 58.3 Å². The molecule has 1 aromatic carbocycles. The minimum absolute atomic E-state index is 0.00985. The van der Waals surface area contributed by atoms with Gasteiger partial charge in [-0.05, 0) is 43.5 Å². The SMILES string of the molecule is CCCCN(CCCN)C(=O)CN1CC(c2ccc3c(c2)OCO3)C(C(=O)O)C1CCN1CCN(C)C1=O. The van der Waals surface area contributed by atoms with Crippen LogP contribution < -0.4 is 15.2 Å². The number of benzene rings is 1. The molecule has 0 aliphatic carbocycles. The van der Waals surface area contributed by atoms with Crippen molar-refractivity contribution in [3.05, 3.63) is 23.8 Å². The Morgan fingerprint density at radius 2 is 1.92 bits per heavy atom. The summed E-state index contributed by atoms with van der Waals surface area (Å²) in [6.45, 7) is 6.28. The lowest BCUT2D eigenvalue weighted by Crippen LogP contribution is -2.46. The lowest BCUT2D eigenvalue weighted by Gasteiger charge is -2.30. The molecule has 11 nitrogen and oxygen atoms in total. The predicted molar refractivity (Wildman–Crippen MR) is 141 cm³/mol. The number of aliphatic carboxylic acids is 1. The number of likely N-dealkylation sites (N-methyl/N-ethyl adjacent to an activating group) is 1. The number of nitrogens with zero attached hydrogens (tertiary/aromatic N) is 4. The minimum atomic E-state index is -0.900. The summed E-state index contributed by atoms with van der Waals surface area (Å²) in [5.74, 6) is -0.717. The molecular formula is C27H41N5O6. The molecule has 0 bridgehead atoms. The van der Waals surface area contributed by atoms with Crippen LogP contribution in [0.15, 0.2) is 18.2 Å². The van der Waals surface area contributed by atoms with E-state index in [-0.39, 0.29) is 31.2 Å². The molecule has 210 valence electrons. The average Bonchev–Trinajstić information content (AvgIpc) is 3.60. The Kier molecular flexibility index (Phi) is 9.32. The fraction of sp³-hybridized carbons (Fsp3) is 0.667. The molecule has 38 heavy (non-hydrogen) atoms. The van der Waals surface area contributed by atoms with Crippen LogP contribution in [0.1, 0.15) is 44.1 Å². The first-order valence-corrected chi connectivity index (χ1v) is 13.7. The van der Waals surface area contributed by atoms with Crippen molar-refractivity contribution in [3.8, 4) is 11.5 Å². The van der Waals surface area contributed by atoms with E-state index < -0.39 is 17.9 Å². The summed E-state index contributed by atoms with van der Waals surface area (Å²) in [5.41, 5.74) is 6.57. The van der Waals surface area contributed by atoms with Crippen LogP contribution in [0.4, 0.5) is 4.79 Å². The number of nitrogens with two attached hydrogens (primary N) is 1. The molecule has 0 aromatic heterocycles. The summed E-state index contributed by atoms with van der Waals surface area (Å²) >= 11 is 0. The van der Waals surface area contributed by atoms with E-state index in [2.05, 4.69) is 6.92 Å². The molecule has 0 saturated carbocycles. The van der Waals surface area contributed by atoms with Crippen molar-refractivity contribution >= 4 is 17.9 Å². The summed E-state index contributed by atoms with van der Waals surface area (Å²) in [5, 5.41) is 10.4. The van der Waals surface area contributed by atoms with E-state index >= 15 is 0 Å². The van der Waals surface area contributed by atoms with Crippen molar-refractivity contribution in [2.24, 2.45) is 11.7 Å². The van der Waals surface area contributed by atoms with E-state index in [1.807, 2.05) is 28.0 Å². The third-order valence-electron chi connectivity index (χ3n) is 7.96. The first kappa shape index (κ1) is 28.0. The largest absolute Gasteiger partial charge is 0.481 e. The fourth-order valence-corrected chi connectivity index (χ4v) is 5.80. The number of amides is 3. The lowest BCUT2D eigenvalue weighted by molar-refractivity contribution is -0.144. The molecule has 0 spiro atoms. The van der Waals surface area contributed by atoms with E-state index in [1.165, 1.54) is 0 Å². The monoisotopic (exact) mass is 531 g/mol. The predicted octanol–water partition coefficient (Wildman–Crippen LogP) is 1.62. The zero-order valence-corrected chi connectivity index (χ0v) is 22.5. The van der Waals surface area contributed by atoms with Crippen LogP contribution in [-0.4, -0.2) is 115 Å². The van der Waals surface area contributed by atoms with Gasteiger partial charge >= 0.3 is 12.0 Å². The number of hydrogen-bond donors (Lipinski definition) is 2. The van der Waals surface area contributed by atoms with Gasteiger partial charge in [-0.25, -0.2) is 4.79 Å². The molecule has 0 radical (unpaired) electrons. The number of fused-ring (bicyclic) bond motifs is 1. The number of carbonyl (C=O) groups is 3. The van der Waals surface area contributed by atoms with Gasteiger partial charge < -0.3 is 35.0 Å². The number of ether oxygens (including phenoxy) is 2. The Morgan fingerprint density at radius 1 is 1.16 bits per heavy atom. The molecule has 3 amide bonds. The van der Waals surface area contributed by atoms with E-state index in [1.54, 1.807) is 16.8 Å². The molecule has 3 N–H and O–H groups in total. The van der Waals surface area contributed by atoms with Gasteiger partial charge in [-0.2, -0.15) is 0 Å². The summed E-state index contributed by atoms with van der Waals surface area (Å²) < 4.78 is 11.0. The number of carbonyl (C=O) groups excluding carboxylic acids is 2. The molecule has 11 heteroatoms. The van der Waals surface area contributed by atoms with Gasteiger partial charge in [0.2, 0.25) is 12.7 Å². The number of hydrogen-bond acceptors (Lipinski definition) is 7. The molecule has 3 atom stereocenters. The Labute approximate surface area is 224 Å². The van der Waals surface area contributed by atoms with Crippen LogP contribution in [0.5, 0.6) is 11.5 Å². The maximum atomic E-state index is 13.5. The number of carboxylic acid groups (broad SMARTS) is 1. The van der Waals surface area contributed by atoms with Crippen LogP contribution in [0, 0.1) is 5.92 Å². The van der Waals surface area contributed by atoms with Crippen molar-refractivity contribution in [1.29, 1.82) is 0 Å². The molecular weight excluding hydrogens is 490 g/mol. The highest BCUT2D eigenvalue weighted by atomic mass is 16.7. The Hall–Kier alpha value is -3.05. The van der Waals surface area contributed by atoms with Crippen molar-refractivity contribution < 1.29 is 29.0 Å². The van der Waals surface area contributed by atoms with E-state index in [0.717, 1.165) is 24.8 Å². The fourth-order valence-electron chi connectivity index (χ4n) is 5.80. The topological polar surface area (TPSA) is 129 Å². The second-order valence-electron chi connectivity index (χ2n) is 10.4. The van der Waals surface area contributed by atoms with Crippen LogP contribution in [-0.2, 0) is 9.59 Å². The highest BCUT2D eigenvalue weighted by molar-refractivity contribution is 5.79. The van der Waals surface area contributed by atoms with Crippen LogP contribution in [0.2, 0.25) is 0 Å². The lowest BCUT2D eigenvalue weighted by atomic mass is 9.84. The highest BCUT2D eigenvalue weighted by Gasteiger charge is 2.47. The number of urea groups is 1. The van der Waals surface area contributed by atoms with E-state index in [4.69, 9.17) is 15.2 Å². The van der Waals surface area contributed by atoms with Gasteiger partial charge in [0.25, 0.3) is 0 Å². The summed E-state index contributed by atoms with van der Waals surface area (Å²) in [7, 11) is 1.77. The smallest absolute Gasteiger partial charge is 0.319 e. The summed E-state index contributed by atoms with van der Waals surface area (Å²) in [6.07, 6.45) is 3.08. The third-order valence-corrected chi connectivity index (χ3v) is 7.96. The first-order valence-electron chi connectivity index (χ1n) is 13.7. The number of rotatable bonds is 13. The molecule has 2 saturated heterocycles. The van der Waals surface area contributed by atoms with Crippen LogP contribution >= 0.6 is 0 Å². The minimum Gasteiger partial charge on any atom is -0.481 e. The molecule has 3 aliphatic rings. The van der Waals surface area contributed by atoms with Crippen LogP contribution in [0.3, 0.4) is 0 Å². The number of carboxylic acids is 1. The maximum absolute atomic E-state index is 13.5. The first-order chi connectivity index (χ1) is 18.3. The quantitative estimate of drug-likeness (QED) is 0.393. The molecule has 1 aromatic rings. The van der Waals surface area contributed by atoms with Gasteiger partial charge in [-0.3, -0.25) is 14.5 Å². The Morgan fingerprint density at radius 3 is 2.61 bits per heavy atom. The second kappa shape index (κ2) is 12.7. The van der Waals surface area contributed by atoms with Gasteiger partial charge in [0.15, 0.2) is 11.5 Å². The molecule has 3 aliphatic heterocycles. The van der Waals surface area contributed by atoms with Crippen molar-refractivity contribution in [2.45, 2.75) is 44.6 Å². The van der Waals surface area contributed by atoms with Crippen molar-refractivity contribution in [2.75, 3.05) is 66.2 Å². The number of unbranched alkanes of at least 4 members (excludes halogenated alkanes) is 1. The van der Waals surface area contributed by atoms with Gasteiger partial charge in [-0.1, -0.05) is 19.4 Å². The van der Waals surface area contributed by atoms with E-state index in [9.17, 15) is 19.5 Å². The number of likely N-dealkylation sites (tertiary alicyclic amines) is 1. The Balaban J connectivity index is 1.57. The van der Waals surface area contributed by atoms with Crippen molar-refractivity contribution in [1.82, 2.24) is 19.6 Å².